The minimum absolute atomic E-state index is 0.0305. The number of nitrogens with two attached hydrogens (primary N) is 1. The van der Waals surface area contributed by atoms with E-state index in [1.54, 1.807) is 7.11 Å². The van der Waals surface area contributed by atoms with Crippen LogP contribution in [0.15, 0.2) is 30.6 Å². The molecule has 3 rings (SSSR count). The summed E-state index contributed by atoms with van der Waals surface area (Å²) in [6.07, 6.45) is 3.87. The first-order valence-electron chi connectivity index (χ1n) is 6.91. The first-order chi connectivity index (χ1) is 10.2. The Morgan fingerprint density at radius 1 is 1.43 bits per heavy atom. The Morgan fingerprint density at radius 3 is 3.05 bits per heavy atom. The zero-order valence-electron chi connectivity index (χ0n) is 12.0. The molecule has 0 saturated carbocycles. The minimum atomic E-state index is 0.0305. The van der Waals surface area contributed by atoms with Crippen molar-refractivity contribution in [3.05, 3.63) is 47.5 Å². The normalized spacial score (nSPS) is 14.7. The highest BCUT2D eigenvalue weighted by molar-refractivity contribution is 5.97. The number of benzene rings is 1. The number of ether oxygens (including phenoxy) is 1. The fourth-order valence-corrected chi connectivity index (χ4v) is 2.68. The van der Waals surface area contributed by atoms with E-state index in [1.165, 1.54) is 0 Å². The zero-order chi connectivity index (χ0) is 14.8. The van der Waals surface area contributed by atoms with Crippen molar-refractivity contribution in [3.8, 4) is 5.75 Å². The van der Waals surface area contributed by atoms with Crippen LogP contribution in [0.4, 0.5) is 0 Å². The van der Waals surface area contributed by atoms with E-state index in [9.17, 15) is 0 Å². The van der Waals surface area contributed by atoms with Crippen LogP contribution >= 0.6 is 0 Å². The number of methoxy groups -OCH3 is 1. The van der Waals surface area contributed by atoms with Gasteiger partial charge in [-0.05, 0) is 17.7 Å². The molecule has 1 aliphatic heterocycles. The number of imidazole rings is 1. The summed E-state index contributed by atoms with van der Waals surface area (Å²) in [6, 6.07) is 5.82. The van der Waals surface area contributed by atoms with Gasteiger partial charge in [0.15, 0.2) is 0 Å². The highest BCUT2D eigenvalue weighted by atomic mass is 16.5. The van der Waals surface area contributed by atoms with E-state index in [-0.39, 0.29) is 5.84 Å². The van der Waals surface area contributed by atoms with Gasteiger partial charge in [-0.25, -0.2) is 4.98 Å². The Kier molecular flexibility index (Phi) is 3.62. The molecule has 0 radical (unpaired) electrons. The monoisotopic (exact) mass is 285 g/mol. The van der Waals surface area contributed by atoms with Crippen molar-refractivity contribution in [2.45, 2.75) is 19.6 Å². The van der Waals surface area contributed by atoms with Crippen molar-refractivity contribution in [3.63, 3.8) is 0 Å². The molecule has 1 aliphatic rings. The van der Waals surface area contributed by atoms with Gasteiger partial charge in [0.2, 0.25) is 0 Å². The van der Waals surface area contributed by atoms with Crippen LogP contribution in [0.1, 0.15) is 17.0 Å². The molecule has 0 aliphatic carbocycles. The number of nitrogens with zero attached hydrogens (tertiary/aromatic N) is 3. The lowest BCUT2D eigenvalue weighted by atomic mass is 10.1. The molecule has 110 valence electrons. The fourth-order valence-electron chi connectivity index (χ4n) is 2.68. The molecule has 0 bridgehead atoms. The van der Waals surface area contributed by atoms with Gasteiger partial charge < -0.3 is 15.0 Å². The molecule has 2 heterocycles. The number of aromatic nitrogens is 2. The fraction of sp³-hybridized carbons (Fsp3) is 0.333. The second-order valence-corrected chi connectivity index (χ2v) is 5.20. The van der Waals surface area contributed by atoms with Crippen molar-refractivity contribution in [1.29, 1.82) is 5.41 Å². The van der Waals surface area contributed by atoms with E-state index in [0.717, 1.165) is 37.6 Å². The third-order valence-electron chi connectivity index (χ3n) is 3.78. The predicted octanol–water partition coefficient (Wildman–Crippen LogP) is 1.19. The number of amidine groups is 1. The molecular weight excluding hydrogens is 266 g/mol. The lowest BCUT2D eigenvalue weighted by Crippen LogP contribution is -2.33. The summed E-state index contributed by atoms with van der Waals surface area (Å²) in [6.45, 7) is 3.61. The number of nitrogens with one attached hydrogen (secondary N) is 1. The smallest absolute Gasteiger partial charge is 0.129 e. The van der Waals surface area contributed by atoms with Gasteiger partial charge in [0.1, 0.15) is 17.4 Å². The molecule has 6 heteroatoms. The van der Waals surface area contributed by atoms with Gasteiger partial charge in [0.25, 0.3) is 0 Å². The van der Waals surface area contributed by atoms with Crippen LogP contribution in [-0.2, 0) is 19.6 Å². The third kappa shape index (κ3) is 2.75. The van der Waals surface area contributed by atoms with Gasteiger partial charge in [0, 0.05) is 32.0 Å². The molecule has 3 N–H and O–H groups in total. The summed E-state index contributed by atoms with van der Waals surface area (Å²) in [7, 11) is 1.59. The first-order valence-corrected chi connectivity index (χ1v) is 6.91. The number of hydrogen-bond donors (Lipinski definition) is 2. The second-order valence-electron chi connectivity index (χ2n) is 5.20. The molecule has 0 amide bonds. The average Bonchev–Trinajstić information content (AvgIpc) is 2.94. The summed E-state index contributed by atoms with van der Waals surface area (Å²) < 4.78 is 7.43. The molecule has 21 heavy (non-hydrogen) atoms. The molecule has 0 spiro atoms. The summed E-state index contributed by atoms with van der Waals surface area (Å²) >= 11 is 0. The zero-order valence-corrected chi connectivity index (χ0v) is 12.0. The van der Waals surface area contributed by atoms with Gasteiger partial charge >= 0.3 is 0 Å². The number of nitrogen functional groups attached to an aromatic ring is 1. The van der Waals surface area contributed by atoms with E-state index in [2.05, 4.69) is 14.5 Å². The maximum atomic E-state index is 7.64. The SMILES string of the molecule is COc1ccc(CN2CCn3ccnc3C2)cc1C(=N)N. The van der Waals surface area contributed by atoms with Crippen molar-refractivity contribution >= 4 is 5.84 Å². The highest BCUT2D eigenvalue weighted by Crippen LogP contribution is 2.21. The number of fused-ring (bicyclic) bond motifs is 1. The molecule has 0 saturated heterocycles. The summed E-state index contributed by atoms with van der Waals surface area (Å²) in [5.74, 6) is 1.77. The summed E-state index contributed by atoms with van der Waals surface area (Å²) in [4.78, 5) is 6.71. The standard InChI is InChI=1S/C15H19N5O/c1-21-13-3-2-11(8-12(13)15(16)17)9-19-6-7-20-5-4-18-14(20)10-19/h2-5,8H,6-7,9-10H2,1H3,(H3,16,17). The number of hydrogen-bond acceptors (Lipinski definition) is 4. The van der Waals surface area contributed by atoms with Gasteiger partial charge in [0.05, 0.1) is 19.2 Å². The highest BCUT2D eigenvalue weighted by Gasteiger charge is 2.17. The van der Waals surface area contributed by atoms with Crippen molar-refractivity contribution in [2.75, 3.05) is 13.7 Å². The third-order valence-corrected chi connectivity index (χ3v) is 3.78. The summed E-state index contributed by atoms with van der Waals surface area (Å²) in [5.41, 5.74) is 7.39. The Bertz CT molecular complexity index is 664. The second kappa shape index (κ2) is 5.57. The van der Waals surface area contributed by atoms with E-state index in [1.807, 2.05) is 30.6 Å². The Morgan fingerprint density at radius 2 is 2.29 bits per heavy atom. The predicted molar refractivity (Wildman–Crippen MR) is 80.4 cm³/mol. The summed E-state index contributed by atoms with van der Waals surface area (Å²) in [5, 5.41) is 7.64. The van der Waals surface area contributed by atoms with E-state index < -0.39 is 0 Å². The minimum Gasteiger partial charge on any atom is -0.496 e. The van der Waals surface area contributed by atoms with Crippen molar-refractivity contribution in [2.24, 2.45) is 5.73 Å². The van der Waals surface area contributed by atoms with Crippen LogP contribution in [0.3, 0.4) is 0 Å². The van der Waals surface area contributed by atoms with Crippen molar-refractivity contribution in [1.82, 2.24) is 14.5 Å². The molecule has 0 atom stereocenters. The van der Waals surface area contributed by atoms with Crippen LogP contribution < -0.4 is 10.5 Å². The lowest BCUT2D eigenvalue weighted by molar-refractivity contribution is 0.209. The lowest BCUT2D eigenvalue weighted by Gasteiger charge is -2.27. The topological polar surface area (TPSA) is 80.2 Å². The van der Waals surface area contributed by atoms with E-state index >= 15 is 0 Å². The van der Waals surface area contributed by atoms with Crippen LogP contribution in [-0.4, -0.2) is 33.9 Å². The number of rotatable bonds is 4. The molecule has 1 aromatic heterocycles. The molecule has 0 unspecified atom stereocenters. The Hall–Kier alpha value is -2.34. The first kappa shape index (κ1) is 13.6. The van der Waals surface area contributed by atoms with Crippen LogP contribution in [0.2, 0.25) is 0 Å². The van der Waals surface area contributed by atoms with Gasteiger partial charge in [-0.15, -0.1) is 0 Å². The quantitative estimate of drug-likeness (QED) is 0.653. The van der Waals surface area contributed by atoms with Gasteiger partial charge in [-0.3, -0.25) is 10.3 Å². The maximum Gasteiger partial charge on any atom is 0.129 e. The molecule has 1 aromatic carbocycles. The molecule has 0 fully saturated rings. The van der Waals surface area contributed by atoms with E-state index in [4.69, 9.17) is 15.9 Å². The molecule has 6 nitrogen and oxygen atoms in total. The van der Waals surface area contributed by atoms with E-state index in [0.29, 0.717) is 11.3 Å². The average molecular weight is 285 g/mol. The maximum absolute atomic E-state index is 7.64. The molecule has 2 aromatic rings. The van der Waals surface area contributed by atoms with Crippen LogP contribution in [0.25, 0.3) is 0 Å². The Labute approximate surface area is 123 Å². The molecular formula is C15H19N5O. The largest absolute Gasteiger partial charge is 0.496 e. The van der Waals surface area contributed by atoms with Gasteiger partial charge in [-0.2, -0.15) is 0 Å². The Balaban J connectivity index is 1.77. The van der Waals surface area contributed by atoms with Crippen LogP contribution in [0.5, 0.6) is 5.75 Å². The van der Waals surface area contributed by atoms with Gasteiger partial charge in [-0.1, -0.05) is 6.07 Å². The van der Waals surface area contributed by atoms with Crippen molar-refractivity contribution < 1.29 is 4.74 Å². The van der Waals surface area contributed by atoms with Crippen LogP contribution in [0, 0.1) is 5.41 Å².